The lowest BCUT2D eigenvalue weighted by Gasteiger charge is -2.23. The Bertz CT molecular complexity index is 1290. The van der Waals surface area contributed by atoms with Crippen molar-refractivity contribution in [2.75, 3.05) is 0 Å². The average Bonchev–Trinajstić information content (AvgIpc) is 3.37. The SMILES string of the molecule is Cc1csc(/N=c2/sc(C3=c4ccccc4=NC3=O)c(O)n2C2CCCCC2)n1. The number of thiazole rings is 2. The van der Waals surface area contributed by atoms with Crippen molar-refractivity contribution in [1.82, 2.24) is 9.55 Å². The van der Waals surface area contributed by atoms with E-state index < -0.39 is 0 Å². The van der Waals surface area contributed by atoms with Crippen molar-refractivity contribution in [3.8, 4) is 5.88 Å². The van der Waals surface area contributed by atoms with Gasteiger partial charge in [-0.1, -0.05) is 48.8 Å². The molecule has 3 heterocycles. The van der Waals surface area contributed by atoms with Crippen molar-refractivity contribution >= 4 is 39.3 Å². The van der Waals surface area contributed by atoms with Crippen LogP contribution in [0.25, 0.3) is 5.57 Å². The molecule has 1 fully saturated rings. The highest BCUT2D eigenvalue weighted by molar-refractivity contribution is 7.13. The first kappa shape index (κ1) is 18.4. The van der Waals surface area contributed by atoms with E-state index in [2.05, 4.69) is 9.98 Å². The molecule has 148 valence electrons. The van der Waals surface area contributed by atoms with Crippen molar-refractivity contribution < 1.29 is 9.90 Å². The lowest BCUT2D eigenvalue weighted by molar-refractivity contribution is -0.112. The molecule has 1 amide bonds. The van der Waals surface area contributed by atoms with Crippen LogP contribution in [0.3, 0.4) is 0 Å². The molecular weight excluding hydrogens is 404 g/mol. The van der Waals surface area contributed by atoms with Crippen LogP contribution in [0.2, 0.25) is 0 Å². The standard InChI is InChI=1S/C21H20N4O2S2/c1-12-11-28-20(22-12)24-21-25(13-7-3-2-4-8-13)19(27)17(29-21)16-14-9-5-6-10-15(14)23-18(16)26/h5-6,9-11,13,27H,2-4,7-8H2,1H3/b24-21+. The molecule has 1 saturated carbocycles. The fourth-order valence-electron chi connectivity index (χ4n) is 4.05. The minimum Gasteiger partial charge on any atom is -0.493 e. The van der Waals surface area contributed by atoms with Crippen molar-refractivity contribution in [2.24, 2.45) is 9.98 Å². The monoisotopic (exact) mass is 424 g/mol. The van der Waals surface area contributed by atoms with Gasteiger partial charge < -0.3 is 5.11 Å². The number of carbonyl (C=O) groups excluding carboxylic acids is 1. The van der Waals surface area contributed by atoms with Crippen LogP contribution < -0.4 is 15.4 Å². The van der Waals surface area contributed by atoms with Gasteiger partial charge in [0.2, 0.25) is 11.0 Å². The fourth-order valence-corrected chi connectivity index (χ4v) is 5.91. The maximum absolute atomic E-state index is 12.7. The molecule has 0 bridgehead atoms. The molecule has 5 rings (SSSR count). The minimum absolute atomic E-state index is 0.115. The van der Waals surface area contributed by atoms with Crippen LogP contribution in [0.15, 0.2) is 39.6 Å². The number of para-hydroxylation sites is 1. The number of aromatic nitrogens is 2. The largest absolute Gasteiger partial charge is 0.493 e. The van der Waals surface area contributed by atoms with Crippen LogP contribution in [0.4, 0.5) is 5.13 Å². The third kappa shape index (κ3) is 3.26. The topological polar surface area (TPSA) is 79.8 Å². The van der Waals surface area contributed by atoms with Crippen molar-refractivity contribution in [3.63, 3.8) is 0 Å². The number of nitrogens with zero attached hydrogens (tertiary/aromatic N) is 4. The van der Waals surface area contributed by atoms with E-state index in [0.717, 1.165) is 36.6 Å². The van der Waals surface area contributed by atoms with Crippen LogP contribution in [0.1, 0.15) is 48.7 Å². The molecule has 3 aromatic rings. The number of hydrogen-bond acceptors (Lipinski definition) is 6. The number of carbonyl (C=O) groups is 1. The molecule has 0 atom stereocenters. The third-order valence-electron chi connectivity index (χ3n) is 5.41. The quantitative estimate of drug-likeness (QED) is 0.702. The molecule has 1 aromatic carbocycles. The number of aryl methyl sites for hydroxylation is 1. The molecule has 1 aliphatic heterocycles. The Labute approximate surface area is 175 Å². The Morgan fingerprint density at radius 3 is 2.76 bits per heavy atom. The summed E-state index contributed by atoms with van der Waals surface area (Å²) in [6.07, 6.45) is 5.47. The summed E-state index contributed by atoms with van der Waals surface area (Å²) < 4.78 is 1.91. The molecule has 2 aliphatic rings. The highest BCUT2D eigenvalue weighted by Crippen LogP contribution is 2.36. The Kier molecular flexibility index (Phi) is 4.67. The second kappa shape index (κ2) is 7.35. The summed E-state index contributed by atoms with van der Waals surface area (Å²) in [5.41, 5.74) is 1.39. The number of fused-ring (bicyclic) bond motifs is 1. The average molecular weight is 425 g/mol. The van der Waals surface area contributed by atoms with Gasteiger partial charge >= 0.3 is 0 Å². The number of amides is 1. The van der Waals surface area contributed by atoms with Crippen LogP contribution in [0.5, 0.6) is 5.88 Å². The first-order chi connectivity index (χ1) is 14.1. The van der Waals surface area contributed by atoms with E-state index in [1.807, 2.05) is 41.1 Å². The number of rotatable bonds is 3. The maximum atomic E-state index is 12.7. The molecule has 0 spiro atoms. The number of benzene rings is 1. The summed E-state index contributed by atoms with van der Waals surface area (Å²) in [7, 11) is 0. The van der Waals surface area contributed by atoms with E-state index in [0.29, 0.717) is 25.7 Å². The highest BCUT2D eigenvalue weighted by atomic mass is 32.1. The van der Waals surface area contributed by atoms with Crippen molar-refractivity contribution in [1.29, 1.82) is 0 Å². The van der Waals surface area contributed by atoms with Gasteiger partial charge in [0, 0.05) is 16.6 Å². The third-order valence-corrected chi connectivity index (χ3v) is 7.32. The van der Waals surface area contributed by atoms with E-state index >= 15 is 0 Å². The molecule has 6 nitrogen and oxygen atoms in total. The highest BCUT2D eigenvalue weighted by Gasteiger charge is 2.28. The minimum atomic E-state index is -0.310. The van der Waals surface area contributed by atoms with E-state index in [1.54, 1.807) is 0 Å². The summed E-state index contributed by atoms with van der Waals surface area (Å²) in [4.78, 5) is 27.3. The van der Waals surface area contributed by atoms with Crippen LogP contribution in [-0.2, 0) is 4.79 Å². The van der Waals surface area contributed by atoms with Gasteiger partial charge in [-0.2, -0.15) is 4.99 Å². The molecular formula is C21H20N4O2S2. The van der Waals surface area contributed by atoms with Crippen LogP contribution in [0, 0.1) is 6.92 Å². The Morgan fingerprint density at radius 1 is 1.21 bits per heavy atom. The van der Waals surface area contributed by atoms with Gasteiger partial charge in [-0.3, -0.25) is 9.36 Å². The molecule has 8 heteroatoms. The molecule has 0 unspecified atom stereocenters. The summed E-state index contributed by atoms with van der Waals surface area (Å²) in [5, 5.41) is 15.3. The zero-order chi connectivity index (χ0) is 20.0. The predicted molar refractivity (Wildman–Crippen MR) is 113 cm³/mol. The molecule has 29 heavy (non-hydrogen) atoms. The van der Waals surface area contributed by atoms with E-state index in [1.165, 1.54) is 29.1 Å². The smallest absolute Gasteiger partial charge is 0.279 e. The molecule has 1 N–H and O–H groups in total. The molecule has 2 aromatic heterocycles. The number of hydrogen-bond donors (Lipinski definition) is 1. The second-order valence-electron chi connectivity index (χ2n) is 7.39. The molecule has 0 radical (unpaired) electrons. The van der Waals surface area contributed by atoms with E-state index in [9.17, 15) is 9.90 Å². The second-order valence-corrected chi connectivity index (χ2v) is 9.21. The van der Waals surface area contributed by atoms with E-state index in [-0.39, 0.29) is 17.8 Å². The van der Waals surface area contributed by atoms with Crippen LogP contribution in [-0.4, -0.2) is 20.6 Å². The first-order valence-electron chi connectivity index (χ1n) is 9.76. The van der Waals surface area contributed by atoms with Gasteiger partial charge in [0.05, 0.1) is 16.6 Å². The lowest BCUT2D eigenvalue weighted by Crippen LogP contribution is -2.22. The van der Waals surface area contributed by atoms with Gasteiger partial charge in [0.25, 0.3) is 5.91 Å². The first-order valence-corrected chi connectivity index (χ1v) is 11.5. The summed E-state index contributed by atoms with van der Waals surface area (Å²) in [6, 6.07) is 7.63. The maximum Gasteiger partial charge on any atom is 0.279 e. The van der Waals surface area contributed by atoms with Crippen molar-refractivity contribution in [3.05, 3.63) is 55.6 Å². The Balaban J connectivity index is 1.76. The van der Waals surface area contributed by atoms with Gasteiger partial charge in [-0.05, 0) is 25.8 Å². The zero-order valence-electron chi connectivity index (χ0n) is 16.0. The van der Waals surface area contributed by atoms with Gasteiger partial charge in [0.1, 0.15) is 4.88 Å². The summed E-state index contributed by atoms with van der Waals surface area (Å²) in [6.45, 7) is 1.94. The molecule has 1 aliphatic carbocycles. The Morgan fingerprint density at radius 2 is 2.00 bits per heavy atom. The van der Waals surface area contributed by atoms with Crippen LogP contribution >= 0.6 is 22.7 Å². The summed E-state index contributed by atoms with van der Waals surface area (Å²) >= 11 is 2.82. The number of aromatic hydroxyl groups is 1. The van der Waals surface area contributed by atoms with Gasteiger partial charge in [-0.15, -0.1) is 11.3 Å². The molecule has 0 saturated heterocycles. The zero-order valence-corrected chi connectivity index (χ0v) is 17.6. The Hall–Kier alpha value is -2.58. The predicted octanol–water partition coefficient (Wildman–Crippen LogP) is 3.12. The van der Waals surface area contributed by atoms with Crippen molar-refractivity contribution in [2.45, 2.75) is 45.1 Å². The van der Waals surface area contributed by atoms with Gasteiger partial charge in [0.15, 0.2) is 4.80 Å². The lowest BCUT2D eigenvalue weighted by atomic mass is 9.95. The van der Waals surface area contributed by atoms with Gasteiger partial charge in [-0.25, -0.2) is 9.98 Å². The van der Waals surface area contributed by atoms with E-state index in [4.69, 9.17) is 4.99 Å². The normalized spacial score (nSPS) is 17.6. The summed E-state index contributed by atoms with van der Waals surface area (Å²) in [5.74, 6) is -0.195. The fraction of sp³-hybridized carbons (Fsp3) is 0.333.